The Bertz CT molecular complexity index is 659. The summed E-state index contributed by atoms with van der Waals surface area (Å²) in [5.74, 6) is -0.212. The SMILES string of the molecule is O=C(Nc1ccc(F)cc1)N1CCCC12CCCN(C1CC1)C2=O. The van der Waals surface area contributed by atoms with Gasteiger partial charge in [0.1, 0.15) is 11.4 Å². The van der Waals surface area contributed by atoms with Crippen LogP contribution in [0.25, 0.3) is 0 Å². The Kier molecular flexibility index (Phi) is 3.70. The van der Waals surface area contributed by atoms with Crippen LogP contribution in [0.5, 0.6) is 0 Å². The lowest BCUT2D eigenvalue weighted by Gasteiger charge is -2.44. The van der Waals surface area contributed by atoms with Gasteiger partial charge in [0.2, 0.25) is 5.91 Å². The number of nitrogens with one attached hydrogen (secondary N) is 1. The van der Waals surface area contributed by atoms with Crippen molar-refractivity contribution in [2.45, 2.75) is 50.1 Å². The van der Waals surface area contributed by atoms with Gasteiger partial charge in [-0.15, -0.1) is 0 Å². The topological polar surface area (TPSA) is 52.7 Å². The number of nitrogens with zero attached hydrogens (tertiary/aromatic N) is 2. The molecule has 1 aromatic rings. The summed E-state index contributed by atoms with van der Waals surface area (Å²) < 4.78 is 13.0. The summed E-state index contributed by atoms with van der Waals surface area (Å²) in [6, 6.07) is 5.83. The minimum absolute atomic E-state index is 0.128. The molecule has 3 aliphatic rings. The number of carbonyl (C=O) groups excluding carboxylic acids is 2. The quantitative estimate of drug-likeness (QED) is 0.906. The smallest absolute Gasteiger partial charge is 0.322 e. The zero-order valence-corrected chi connectivity index (χ0v) is 13.6. The van der Waals surface area contributed by atoms with Crippen LogP contribution in [-0.4, -0.2) is 46.4 Å². The molecule has 0 bridgehead atoms. The Morgan fingerprint density at radius 1 is 1.12 bits per heavy atom. The standard InChI is InChI=1S/C18H22FN3O2/c19-13-3-5-14(6-4-13)20-17(24)22-12-2-10-18(22)9-1-11-21(16(18)23)15-7-8-15/h3-6,15H,1-2,7-12H2,(H,20,24). The van der Waals surface area contributed by atoms with Gasteiger partial charge < -0.3 is 15.1 Å². The summed E-state index contributed by atoms with van der Waals surface area (Å²) in [5.41, 5.74) is -0.129. The number of rotatable bonds is 2. The first-order valence-electron chi connectivity index (χ1n) is 8.75. The van der Waals surface area contributed by atoms with Gasteiger partial charge >= 0.3 is 6.03 Å². The first-order valence-corrected chi connectivity index (χ1v) is 8.75. The molecular weight excluding hydrogens is 309 g/mol. The molecule has 6 heteroatoms. The Morgan fingerprint density at radius 3 is 2.46 bits per heavy atom. The van der Waals surface area contributed by atoms with Gasteiger partial charge in [-0.1, -0.05) is 0 Å². The molecule has 3 amide bonds. The summed E-state index contributed by atoms with van der Waals surface area (Å²) in [4.78, 5) is 29.6. The van der Waals surface area contributed by atoms with Gasteiger partial charge in [0, 0.05) is 24.8 Å². The number of amides is 3. The number of urea groups is 1. The maximum Gasteiger partial charge on any atom is 0.322 e. The Hall–Kier alpha value is -2.11. The van der Waals surface area contributed by atoms with E-state index in [-0.39, 0.29) is 17.8 Å². The molecule has 1 atom stereocenters. The molecule has 24 heavy (non-hydrogen) atoms. The second-order valence-corrected chi connectivity index (χ2v) is 7.06. The molecule has 0 radical (unpaired) electrons. The second-order valence-electron chi connectivity index (χ2n) is 7.06. The molecule has 1 aliphatic carbocycles. The number of hydrogen-bond acceptors (Lipinski definition) is 2. The molecule has 2 saturated heterocycles. The Morgan fingerprint density at radius 2 is 1.79 bits per heavy atom. The van der Waals surface area contributed by atoms with E-state index in [0.29, 0.717) is 18.3 Å². The van der Waals surface area contributed by atoms with Crippen molar-refractivity contribution in [1.82, 2.24) is 9.80 Å². The van der Waals surface area contributed by atoms with Crippen LogP contribution in [-0.2, 0) is 4.79 Å². The van der Waals surface area contributed by atoms with Crippen molar-refractivity contribution in [3.8, 4) is 0 Å². The molecular formula is C18H22FN3O2. The second kappa shape index (κ2) is 5.76. The fourth-order valence-corrected chi connectivity index (χ4v) is 4.13. The molecule has 1 N–H and O–H groups in total. The average molecular weight is 331 g/mol. The van der Waals surface area contributed by atoms with Crippen LogP contribution in [0.15, 0.2) is 24.3 Å². The van der Waals surface area contributed by atoms with E-state index in [9.17, 15) is 14.0 Å². The number of hydrogen-bond donors (Lipinski definition) is 1. The fraction of sp³-hybridized carbons (Fsp3) is 0.556. The van der Waals surface area contributed by atoms with Gasteiger partial charge in [-0.2, -0.15) is 0 Å². The molecule has 1 saturated carbocycles. The van der Waals surface area contributed by atoms with Crippen molar-refractivity contribution in [1.29, 1.82) is 0 Å². The molecule has 5 nitrogen and oxygen atoms in total. The van der Waals surface area contributed by atoms with Gasteiger partial charge in [-0.25, -0.2) is 9.18 Å². The molecule has 4 rings (SSSR count). The number of benzene rings is 1. The van der Waals surface area contributed by atoms with E-state index in [0.717, 1.165) is 45.1 Å². The molecule has 1 spiro atoms. The van der Waals surface area contributed by atoms with Crippen LogP contribution in [0, 0.1) is 5.82 Å². The van der Waals surface area contributed by atoms with Crippen molar-refractivity contribution in [2.24, 2.45) is 0 Å². The monoisotopic (exact) mass is 331 g/mol. The largest absolute Gasteiger partial charge is 0.338 e. The van der Waals surface area contributed by atoms with Gasteiger partial charge in [-0.3, -0.25) is 4.79 Å². The van der Waals surface area contributed by atoms with Crippen LogP contribution in [0.1, 0.15) is 38.5 Å². The van der Waals surface area contributed by atoms with E-state index < -0.39 is 5.54 Å². The third-order valence-electron chi connectivity index (χ3n) is 5.47. The summed E-state index contributed by atoms with van der Waals surface area (Å²) >= 11 is 0. The predicted octanol–water partition coefficient (Wildman–Crippen LogP) is 2.98. The summed E-state index contributed by atoms with van der Waals surface area (Å²) in [6.45, 7) is 1.41. The number of carbonyl (C=O) groups is 2. The maximum absolute atomic E-state index is 13.1. The van der Waals surface area contributed by atoms with Gasteiger partial charge in [0.05, 0.1) is 0 Å². The van der Waals surface area contributed by atoms with Crippen molar-refractivity contribution in [2.75, 3.05) is 18.4 Å². The molecule has 1 aromatic carbocycles. The average Bonchev–Trinajstić information content (AvgIpc) is 3.33. The van der Waals surface area contributed by atoms with Crippen LogP contribution in [0.3, 0.4) is 0 Å². The summed E-state index contributed by atoms with van der Waals surface area (Å²) in [6.07, 6.45) is 5.45. The number of anilines is 1. The highest BCUT2D eigenvalue weighted by Crippen LogP contribution is 2.42. The summed E-state index contributed by atoms with van der Waals surface area (Å²) in [5, 5.41) is 2.81. The molecule has 3 fully saturated rings. The van der Waals surface area contributed by atoms with E-state index >= 15 is 0 Å². The van der Waals surface area contributed by atoms with Crippen LogP contribution >= 0.6 is 0 Å². The third-order valence-corrected chi connectivity index (χ3v) is 5.47. The van der Waals surface area contributed by atoms with E-state index in [1.165, 1.54) is 24.3 Å². The minimum Gasteiger partial charge on any atom is -0.338 e. The van der Waals surface area contributed by atoms with Gasteiger partial charge in [-0.05, 0) is 62.8 Å². The lowest BCUT2D eigenvalue weighted by Crippen LogP contribution is -2.62. The number of piperidine rings is 1. The van der Waals surface area contributed by atoms with Gasteiger partial charge in [0.25, 0.3) is 0 Å². The van der Waals surface area contributed by atoms with E-state index in [1.807, 2.05) is 4.90 Å². The highest BCUT2D eigenvalue weighted by Gasteiger charge is 2.54. The maximum atomic E-state index is 13.1. The first-order chi connectivity index (χ1) is 11.6. The Balaban J connectivity index is 1.54. The van der Waals surface area contributed by atoms with E-state index in [2.05, 4.69) is 5.32 Å². The number of likely N-dealkylation sites (tertiary alicyclic amines) is 2. The number of halogens is 1. The Labute approximate surface area is 140 Å². The molecule has 1 unspecified atom stereocenters. The van der Waals surface area contributed by atoms with E-state index in [1.54, 1.807) is 4.90 Å². The molecule has 0 aromatic heterocycles. The van der Waals surface area contributed by atoms with Crippen molar-refractivity contribution in [3.63, 3.8) is 0 Å². The minimum atomic E-state index is -0.676. The van der Waals surface area contributed by atoms with Crippen molar-refractivity contribution < 1.29 is 14.0 Å². The fourth-order valence-electron chi connectivity index (χ4n) is 4.13. The van der Waals surface area contributed by atoms with Gasteiger partial charge in [0.15, 0.2) is 0 Å². The summed E-state index contributed by atoms with van der Waals surface area (Å²) in [7, 11) is 0. The lowest BCUT2D eigenvalue weighted by molar-refractivity contribution is -0.146. The van der Waals surface area contributed by atoms with E-state index in [4.69, 9.17) is 0 Å². The van der Waals surface area contributed by atoms with Crippen LogP contribution in [0.4, 0.5) is 14.9 Å². The third kappa shape index (κ3) is 2.54. The highest BCUT2D eigenvalue weighted by atomic mass is 19.1. The molecule has 128 valence electrons. The predicted molar refractivity (Wildman–Crippen MR) is 88.1 cm³/mol. The van der Waals surface area contributed by atoms with Crippen molar-refractivity contribution in [3.05, 3.63) is 30.1 Å². The van der Waals surface area contributed by atoms with Crippen LogP contribution < -0.4 is 5.32 Å². The van der Waals surface area contributed by atoms with Crippen LogP contribution in [0.2, 0.25) is 0 Å². The normalized spacial score (nSPS) is 27.0. The zero-order chi connectivity index (χ0) is 16.7. The highest BCUT2D eigenvalue weighted by molar-refractivity contribution is 5.97. The first kappa shape index (κ1) is 15.4. The van der Waals surface area contributed by atoms with Crippen molar-refractivity contribution >= 4 is 17.6 Å². The zero-order valence-electron chi connectivity index (χ0n) is 13.6. The molecule has 2 aliphatic heterocycles. The molecule has 2 heterocycles. The lowest BCUT2D eigenvalue weighted by atomic mass is 9.85.